The molecule has 1 aromatic carbocycles. The van der Waals surface area contributed by atoms with Crippen LogP contribution in [0.2, 0.25) is 0 Å². The first-order valence-corrected chi connectivity index (χ1v) is 8.58. The van der Waals surface area contributed by atoms with E-state index in [4.69, 9.17) is 0 Å². The smallest absolute Gasteiger partial charge is 0.274 e. The third-order valence-electron chi connectivity index (χ3n) is 3.93. The molecular formula is C20H22N6O. The highest BCUT2D eigenvalue weighted by atomic mass is 16.1. The minimum atomic E-state index is -0.273. The van der Waals surface area contributed by atoms with Gasteiger partial charge < -0.3 is 15.5 Å². The van der Waals surface area contributed by atoms with E-state index >= 15 is 0 Å². The minimum Gasteiger partial charge on any atom is -0.378 e. The summed E-state index contributed by atoms with van der Waals surface area (Å²) in [5.74, 6) is 0.144. The molecule has 0 aliphatic carbocycles. The third-order valence-corrected chi connectivity index (χ3v) is 3.93. The van der Waals surface area contributed by atoms with E-state index in [-0.39, 0.29) is 5.91 Å². The van der Waals surface area contributed by atoms with Crippen LogP contribution < -0.4 is 15.5 Å². The van der Waals surface area contributed by atoms with Gasteiger partial charge in [-0.2, -0.15) is 0 Å². The Morgan fingerprint density at radius 1 is 1.04 bits per heavy atom. The molecule has 0 radical (unpaired) electrons. The van der Waals surface area contributed by atoms with Crippen molar-refractivity contribution in [3.8, 4) is 0 Å². The molecule has 0 unspecified atom stereocenters. The van der Waals surface area contributed by atoms with Crippen molar-refractivity contribution in [2.75, 3.05) is 29.6 Å². The van der Waals surface area contributed by atoms with E-state index in [1.165, 1.54) is 0 Å². The number of aromatic nitrogens is 3. The third kappa shape index (κ3) is 5.01. The fourth-order valence-electron chi connectivity index (χ4n) is 2.48. The lowest BCUT2D eigenvalue weighted by molar-refractivity contribution is 0.102. The van der Waals surface area contributed by atoms with Crippen molar-refractivity contribution >= 4 is 23.2 Å². The lowest BCUT2D eigenvalue weighted by atomic mass is 10.2. The van der Waals surface area contributed by atoms with E-state index in [1.54, 1.807) is 18.5 Å². The summed E-state index contributed by atoms with van der Waals surface area (Å²) in [4.78, 5) is 27.2. The van der Waals surface area contributed by atoms with E-state index in [1.807, 2.05) is 62.3 Å². The molecule has 3 aromatic rings. The maximum Gasteiger partial charge on any atom is 0.274 e. The van der Waals surface area contributed by atoms with Gasteiger partial charge in [0, 0.05) is 50.1 Å². The molecule has 7 nitrogen and oxygen atoms in total. The van der Waals surface area contributed by atoms with Gasteiger partial charge in [-0.1, -0.05) is 0 Å². The van der Waals surface area contributed by atoms with Crippen LogP contribution in [0.3, 0.4) is 0 Å². The summed E-state index contributed by atoms with van der Waals surface area (Å²) in [7, 11) is 3.94. The van der Waals surface area contributed by atoms with Crippen molar-refractivity contribution < 1.29 is 4.79 Å². The highest BCUT2D eigenvalue weighted by Gasteiger charge is 2.11. The van der Waals surface area contributed by atoms with E-state index in [0.717, 1.165) is 16.9 Å². The number of benzene rings is 1. The average Bonchev–Trinajstić information content (AvgIpc) is 2.67. The van der Waals surface area contributed by atoms with Gasteiger partial charge in [0.2, 0.25) is 5.95 Å². The monoisotopic (exact) mass is 362 g/mol. The molecule has 2 N–H and O–H groups in total. The zero-order valence-corrected chi connectivity index (χ0v) is 15.6. The molecule has 0 fully saturated rings. The molecule has 0 aliphatic rings. The van der Waals surface area contributed by atoms with Crippen molar-refractivity contribution in [1.82, 2.24) is 15.0 Å². The van der Waals surface area contributed by atoms with Gasteiger partial charge in [0.05, 0.1) is 0 Å². The molecule has 138 valence electrons. The zero-order valence-electron chi connectivity index (χ0n) is 15.6. The standard InChI is InChI=1S/C20H22N6O/c1-14-12-18(19(27)24-16-4-6-17(7-5-16)26(2)3)25-20(23-14)22-13-15-8-10-21-11-9-15/h4-12H,13H2,1-3H3,(H,24,27)(H,22,23,25). The van der Waals surface area contributed by atoms with Gasteiger partial charge in [-0.05, 0) is 55.0 Å². The van der Waals surface area contributed by atoms with Crippen LogP contribution in [-0.2, 0) is 6.54 Å². The van der Waals surface area contributed by atoms with Crippen molar-refractivity contribution in [3.05, 3.63) is 71.8 Å². The number of carbonyl (C=O) groups excluding carboxylic acids is 1. The first kappa shape index (κ1) is 18.3. The lowest BCUT2D eigenvalue weighted by Crippen LogP contribution is -2.16. The molecule has 1 amide bonds. The number of nitrogens with one attached hydrogen (secondary N) is 2. The van der Waals surface area contributed by atoms with Crippen LogP contribution in [0, 0.1) is 6.92 Å². The molecule has 7 heteroatoms. The second-order valence-electron chi connectivity index (χ2n) is 6.32. The van der Waals surface area contributed by atoms with E-state index in [0.29, 0.717) is 23.9 Å². The van der Waals surface area contributed by atoms with Crippen LogP contribution in [0.4, 0.5) is 17.3 Å². The topological polar surface area (TPSA) is 83.0 Å². The van der Waals surface area contributed by atoms with Gasteiger partial charge in [-0.3, -0.25) is 9.78 Å². The molecule has 0 atom stereocenters. The van der Waals surface area contributed by atoms with Crippen molar-refractivity contribution in [2.45, 2.75) is 13.5 Å². The Morgan fingerprint density at radius 3 is 2.41 bits per heavy atom. The number of nitrogens with zero attached hydrogens (tertiary/aromatic N) is 4. The van der Waals surface area contributed by atoms with Crippen molar-refractivity contribution in [3.63, 3.8) is 0 Å². The van der Waals surface area contributed by atoms with Crippen LogP contribution in [0.25, 0.3) is 0 Å². The fraction of sp³-hybridized carbons (Fsp3) is 0.200. The lowest BCUT2D eigenvalue weighted by Gasteiger charge is -2.13. The Labute approximate surface area is 158 Å². The predicted octanol–water partition coefficient (Wildman–Crippen LogP) is 3.11. The number of hydrogen-bond donors (Lipinski definition) is 2. The maximum absolute atomic E-state index is 12.6. The number of hydrogen-bond acceptors (Lipinski definition) is 6. The summed E-state index contributed by atoms with van der Waals surface area (Å²) in [6.45, 7) is 2.39. The van der Waals surface area contributed by atoms with Crippen LogP contribution in [0.5, 0.6) is 0 Å². The average molecular weight is 362 g/mol. The Morgan fingerprint density at radius 2 is 1.74 bits per heavy atom. The molecule has 0 aliphatic heterocycles. The molecule has 27 heavy (non-hydrogen) atoms. The highest BCUT2D eigenvalue weighted by molar-refractivity contribution is 6.03. The van der Waals surface area contributed by atoms with E-state index < -0.39 is 0 Å². The minimum absolute atomic E-state index is 0.273. The molecule has 0 spiro atoms. The maximum atomic E-state index is 12.6. The molecule has 0 saturated heterocycles. The van der Waals surface area contributed by atoms with Gasteiger partial charge in [0.1, 0.15) is 5.69 Å². The first-order valence-electron chi connectivity index (χ1n) is 8.58. The number of carbonyl (C=O) groups is 1. The van der Waals surface area contributed by atoms with Gasteiger partial charge in [-0.25, -0.2) is 9.97 Å². The Balaban J connectivity index is 1.69. The zero-order chi connectivity index (χ0) is 19.2. The summed E-state index contributed by atoms with van der Waals surface area (Å²) >= 11 is 0. The van der Waals surface area contributed by atoms with E-state index in [9.17, 15) is 4.79 Å². The summed E-state index contributed by atoms with van der Waals surface area (Å²) in [5, 5.41) is 6.01. The second-order valence-corrected chi connectivity index (χ2v) is 6.32. The number of aryl methyl sites for hydroxylation is 1. The van der Waals surface area contributed by atoms with Gasteiger partial charge >= 0.3 is 0 Å². The molecular weight excluding hydrogens is 340 g/mol. The highest BCUT2D eigenvalue weighted by Crippen LogP contribution is 2.16. The molecule has 0 saturated carbocycles. The Kier molecular flexibility index (Phi) is 5.61. The van der Waals surface area contributed by atoms with Crippen LogP contribution >= 0.6 is 0 Å². The van der Waals surface area contributed by atoms with Gasteiger partial charge in [0.25, 0.3) is 5.91 Å². The number of pyridine rings is 1. The second kappa shape index (κ2) is 8.27. The van der Waals surface area contributed by atoms with Crippen LogP contribution in [0.1, 0.15) is 21.7 Å². The number of amides is 1. The Hall–Kier alpha value is -3.48. The van der Waals surface area contributed by atoms with Gasteiger partial charge in [-0.15, -0.1) is 0 Å². The SMILES string of the molecule is Cc1cc(C(=O)Nc2ccc(N(C)C)cc2)nc(NCc2ccncc2)n1. The van der Waals surface area contributed by atoms with Crippen molar-refractivity contribution in [1.29, 1.82) is 0 Å². The van der Waals surface area contributed by atoms with E-state index in [2.05, 4.69) is 25.6 Å². The van der Waals surface area contributed by atoms with Crippen LogP contribution in [0.15, 0.2) is 54.9 Å². The predicted molar refractivity (Wildman–Crippen MR) is 107 cm³/mol. The van der Waals surface area contributed by atoms with Crippen molar-refractivity contribution in [2.24, 2.45) is 0 Å². The fourth-order valence-corrected chi connectivity index (χ4v) is 2.48. The molecule has 2 aromatic heterocycles. The summed E-state index contributed by atoms with van der Waals surface area (Å²) in [5.41, 5.74) is 3.87. The van der Waals surface area contributed by atoms with Gasteiger partial charge in [0.15, 0.2) is 0 Å². The Bertz CT molecular complexity index is 910. The first-order chi connectivity index (χ1) is 13.0. The normalized spacial score (nSPS) is 10.3. The largest absolute Gasteiger partial charge is 0.378 e. The summed E-state index contributed by atoms with van der Waals surface area (Å²) < 4.78 is 0. The molecule has 2 heterocycles. The number of rotatable bonds is 6. The van der Waals surface area contributed by atoms with Crippen LogP contribution in [-0.4, -0.2) is 35.0 Å². The molecule has 0 bridgehead atoms. The molecule has 3 rings (SSSR count). The number of anilines is 3. The quantitative estimate of drug-likeness (QED) is 0.701. The summed E-state index contributed by atoms with van der Waals surface area (Å²) in [6, 6.07) is 13.1. The summed E-state index contributed by atoms with van der Waals surface area (Å²) in [6.07, 6.45) is 3.46.